The summed E-state index contributed by atoms with van der Waals surface area (Å²) in [5, 5.41) is 4.22. The van der Waals surface area contributed by atoms with E-state index in [0.717, 1.165) is 22.5 Å². The molecule has 1 unspecified atom stereocenters. The van der Waals surface area contributed by atoms with Crippen molar-refractivity contribution in [3.8, 4) is 0 Å². The Morgan fingerprint density at radius 1 is 1.39 bits per heavy atom. The molecule has 0 fully saturated rings. The van der Waals surface area contributed by atoms with Crippen LogP contribution < -0.4 is 5.32 Å². The first-order chi connectivity index (χ1) is 8.69. The quantitative estimate of drug-likeness (QED) is 0.868. The van der Waals surface area contributed by atoms with Gasteiger partial charge in [-0.25, -0.2) is 0 Å². The van der Waals surface area contributed by atoms with Gasteiger partial charge in [0.25, 0.3) is 0 Å². The molecule has 0 aliphatic heterocycles. The van der Waals surface area contributed by atoms with Crippen LogP contribution in [0.5, 0.6) is 0 Å². The number of hydrogen-bond acceptors (Lipinski definition) is 2. The van der Waals surface area contributed by atoms with Crippen LogP contribution in [-0.4, -0.2) is 6.54 Å². The zero-order valence-corrected chi connectivity index (χ0v) is 12.5. The Kier molecular flexibility index (Phi) is 4.87. The molecule has 2 aromatic rings. The van der Waals surface area contributed by atoms with Gasteiger partial charge < -0.3 is 9.73 Å². The maximum atomic E-state index is 6.10. The summed E-state index contributed by atoms with van der Waals surface area (Å²) in [6.07, 6.45) is 4.37. The first-order valence-electron chi connectivity index (χ1n) is 5.89. The summed E-state index contributed by atoms with van der Waals surface area (Å²) in [7, 11) is 0. The van der Waals surface area contributed by atoms with Crippen LogP contribution in [0.15, 0.2) is 45.7 Å². The van der Waals surface area contributed by atoms with E-state index < -0.39 is 0 Å². The fraction of sp³-hybridized carbons (Fsp3) is 0.286. The number of furan rings is 1. The van der Waals surface area contributed by atoms with Crippen molar-refractivity contribution in [1.29, 1.82) is 0 Å². The molecule has 0 radical (unpaired) electrons. The van der Waals surface area contributed by atoms with Gasteiger partial charge in [0.1, 0.15) is 0 Å². The van der Waals surface area contributed by atoms with Crippen molar-refractivity contribution in [2.45, 2.75) is 19.4 Å². The zero-order chi connectivity index (χ0) is 13.0. The molecule has 0 saturated carbocycles. The molecule has 4 heteroatoms. The lowest BCUT2D eigenvalue weighted by molar-refractivity contribution is 0.534. The number of rotatable bonds is 5. The molecule has 0 aliphatic rings. The first-order valence-corrected chi connectivity index (χ1v) is 7.06. The third kappa shape index (κ3) is 3.61. The molecule has 2 rings (SSSR count). The smallest absolute Gasteiger partial charge is 0.0935 e. The molecule has 1 atom stereocenters. The average molecular weight is 329 g/mol. The number of likely N-dealkylation sites (N-methyl/N-ethyl adjacent to an activating group) is 1. The summed E-state index contributed by atoms with van der Waals surface area (Å²) < 4.78 is 6.11. The highest BCUT2D eigenvalue weighted by Gasteiger charge is 2.13. The molecule has 0 amide bonds. The van der Waals surface area contributed by atoms with Crippen molar-refractivity contribution in [1.82, 2.24) is 5.32 Å². The lowest BCUT2D eigenvalue weighted by atomic mass is 10.0. The molecule has 1 N–H and O–H groups in total. The SMILES string of the molecule is CCNC(Cc1ccoc1)c1cc(Cl)cc(Br)c1. The van der Waals surface area contributed by atoms with Crippen LogP contribution in [0.2, 0.25) is 5.02 Å². The van der Waals surface area contributed by atoms with E-state index in [9.17, 15) is 0 Å². The van der Waals surface area contributed by atoms with Crippen molar-refractivity contribution in [3.63, 3.8) is 0 Å². The number of halogens is 2. The molecule has 2 nitrogen and oxygen atoms in total. The van der Waals surface area contributed by atoms with Gasteiger partial charge in [-0.3, -0.25) is 0 Å². The summed E-state index contributed by atoms with van der Waals surface area (Å²) in [6.45, 7) is 3.01. The standard InChI is InChI=1S/C14H15BrClNO/c1-2-17-14(5-10-3-4-18-9-10)11-6-12(15)8-13(16)7-11/h3-4,6-9,14,17H,2,5H2,1H3. The first kappa shape index (κ1) is 13.7. The Morgan fingerprint density at radius 2 is 2.22 bits per heavy atom. The van der Waals surface area contributed by atoms with Crippen LogP contribution in [0.3, 0.4) is 0 Å². The van der Waals surface area contributed by atoms with Crippen molar-refractivity contribution >= 4 is 27.5 Å². The molecule has 1 aromatic heterocycles. The molecular formula is C14H15BrClNO. The van der Waals surface area contributed by atoms with Gasteiger partial charge in [-0.15, -0.1) is 0 Å². The van der Waals surface area contributed by atoms with E-state index in [-0.39, 0.29) is 6.04 Å². The third-order valence-electron chi connectivity index (χ3n) is 2.76. The van der Waals surface area contributed by atoms with E-state index >= 15 is 0 Å². The highest BCUT2D eigenvalue weighted by atomic mass is 79.9. The van der Waals surface area contributed by atoms with Gasteiger partial charge in [0.2, 0.25) is 0 Å². The van der Waals surface area contributed by atoms with Crippen molar-refractivity contribution in [2.75, 3.05) is 6.54 Å². The second-order valence-electron chi connectivity index (χ2n) is 4.15. The molecule has 0 bridgehead atoms. The van der Waals surface area contributed by atoms with E-state index in [0.29, 0.717) is 0 Å². The van der Waals surface area contributed by atoms with Gasteiger partial charge in [0, 0.05) is 15.5 Å². The normalized spacial score (nSPS) is 12.6. The van der Waals surface area contributed by atoms with Gasteiger partial charge in [-0.2, -0.15) is 0 Å². The van der Waals surface area contributed by atoms with Gasteiger partial charge in [0.15, 0.2) is 0 Å². The van der Waals surface area contributed by atoms with Crippen LogP contribution in [0.1, 0.15) is 24.1 Å². The fourth-order valence-corrected chi connectivity index (χ4v) is 2.86. The third-order valence-corrected chi connectivity index (χ3v) is 3.43. The van der Waals surface area contributed by atoms with Crippen molar-refractivity contribution < 1.29 is 4.42 Å². The average Bonchev–Trinajstić information content (AvgIpc) is 2.80. The molecule has 0 aliphatic carbocycles. The predicted molar refractivity (Wildman–Crippen MR) is 78.0 cm³/mol. The lowest BCUT2D eigenvalue weighted by Crippen LogP contribution is -2.22. The maximum Gasteiger partial charge on any atom is 0.0935 e. The summed E-state index contributed by atoms with van der Waals surface area (Å²) in [6, 6.07) is 8.22. The number of benzene rings is 1. The van der Waals surface area contributed by atoms with Crippen LogP contribution in [0, 0.1) is 0 Å². The van der Waals surface area contributed by atoms with Crippen molar-refractivity contribution in [2.24, 2.45) is 0 Å². The minimum absolute atomic E-state index is 0.239. The highest BCUT2D eigenvalue weighted by molar-refractivity contribution is 9.10. The maximum absolute atomic E-state index is 6.10. The monoisotopic (exact) mass is 327 g/mol. The van der Waals surface area contributed by atoms with Crippen LogP contribution in [0.4, 0.5) is 0 Å². The molecule has 96 valence electrons. The number of nitrogens with one attached hydrogen (secondary N) is 1. The molecule has 18 heavy (non-hydrogen) atoms. The topological polar surface area (TPSA) is 25.2 Å². The molecule has 1 aromatic carbocycles. The molecule has 1 heterocycles. The van der Waals surface area contributed by atoms with E-state index in [1.54, 1.807) is 12.5 Å². The Hall–Kier alpha value is -0.770. The Morgan fingerprint density at radius 3 is 2.83 bits per heavy atom. The zero-order valence-electron chi connectivity index (χ0n) is 10.1. The summed E-state index contributed by atoms with van der Waals surface area (Å²) in [5.74, 6) is 0. The van der Waals surface area contributed by atoms with Gasteiger partial charge in [-0.05, 0) is 48.4 Å². The van der Waals surface area contributed by atoms with E-state index in [4.69, 9.17) is 16.0 Å². The Balaban J connectivity index is 2.23. The van der Waals surface area contributed by atoms with Gasteiger partial charge in [0.05, 0.1) is 12.5 Å². The van der Waals surface area contributed by atoms with E-state index in [1.165, 1.54) is 11.1 Å². The largest absolute Gasteiger partial charge is 0.472 e. The second-order valence-corrected chi connectivity index (χ2v) is 5.50. The predicted octanol–water partition coefficient (Wildman–Crippen LogP) is 4.59. The lowest BCUT2D eigenvalue weighted by Gasteiger charge is -2.18. The molecule has 0 saturated heterocycles. The summed E-state index contributed by atoms with van der Waals surface area (Å²) in [4.78, 5) is 0. The molecule has 0 spiro atoms. The van der Waals surface area contributed by atoms with Crippen molar-refractivity contribution in [3.05, 3.63) is 57.4 Å². The van der Waals surface area contributed by atoms with Crippen LogP contribution in [0.25, 0.3) is 0 Å². The summed E-state index contributed by atoms with van der Waals surface area (Å²) in [5.41, 5.74) is 2.36. The van der Waals surface area contributed by atoms with E-state index in [2.05, 4.69) is 34.2 Å². The molecular weight excluding hydrogens is 314 g/mol. The second kappa shape index (κ2) is 6.41. The minimum atomic E-state index is 0.239. The highest BCUT2D eigenvalue weighted by Crippen LogP contribution is 2.26. The van der Waals surface area contributed by atoms with Gasteiger partial charge in [-0.1, -0.05) is 34.5 Å². The number of hydrogen-bond donors (Lipinski definition) is 1. The summed E-state index contributed by atoms with van der Waals surface area (Å²) >= 11 is 9.58. The fourth-order valence-electron chi connectivity index (χ4n) is 1.98. The van der Waals surface area contributed by atoms with Crippen LogP contribution in [-0.2, 0) is 6.42 Å². The Bertz CT molecular complexity index is 478. The van der Waals surface area contributed by atoms with E-state index in [1.807, 2.05) is 18.2 Å². The minimum Gasteiger partial charge on any atom is -0.472 e. The Labute approximate surface area is 120 Å². The van der Waals surface area contributed by atoms with Gasteiger partial charge >= 0.3 is 0 Å². The van der Waals surface area contributed by atoms with Crippen LogP contribution >= 0.6 is 27.5 Å².